The van der Waals surface area contributed by atoms with Crippen LogP contribution in [0.15, 0.2) is 18.3 Å². The van der Waals surface area contributed by atoms with E-state index in [1.165, 1.54) is 0 Å². The largest absolute Gasteiger partial charge is 0.369 e. The summed E-state index contributed by atoms with van der Waals surface area (Å²) in [5.74, 6) is 0.834. The van der Waals surface area contributed by atoms with Crippen LogP contribution in [0.1, 0.15) is 18.9 Å². The molecule has 2 aromatic rings. The van der Waals surface area contributed by atoms with Gasteiger partial charge in [-0.1, -0.05) is 0 Å². The first-order valence-corrected chi connectivity index (χ1v) is 7.68. The average Bonchev–Trinajstić information content (AvgIpc) is 2.66. The molecule has 6 nitrogen and oxygen atoms in total. The maximum atomic E-state index is 11.4. The van der Waals surface area contributed by atoms with Crippen molar-refractivity contribution in [1.82, 2.24) is 14.5 Å². The standard InChI is InChI=1S/C11H14N4O2S/c12-11-14-9-2-1-5-13-10(9)15(11)8-3-6-18(16,17)7-4-8/h1-2,5,8H,3-4,6-7H2,(H2,12,14). The van der Waals surface area contributed by atoms with Gasteiger partial charge < -0.3 is 5.73 Å². The molecule has 1 fully saturated rings. The van der Waals surface area contributed by atoms with E-state index in [9.17, 15) is 8.42 Å². The smallest absolute Gasteiger partial charge is 0.202 e. The topological polar surface area (TPSA) is 90.9 Å². The summed E-state index contributed by atoms with van der Waals surface area (Å²) in [5, 5.41) is 0. The van der Waals surface area contributed by atoms with Crippen LogP contribution in [0.5, 0.6) is 0 Å². The first-order valence-electron chi connectivity index (χ1n) is 5.86. The summed E-state index contributed by atoms with van der Waals surface area (Å²) in [6, 6.07) is 3.74. The van der Waals surface area contributed by atoms with Crippen LogP contribution in [-0.2, 0) is 9.84 Å². The van der Waals surface area contributed by atoms with Crippen molar-refractivity contribution in [3.63, 3.8) is 0 Å². The SMILES string of the molecule is Nc1nc2cccnc2n1C1CCS(=O)(=O)CC1. The van der Waals surface area contributed by atoms with Crippen molar-refractivity contribution in [2.45, 2.75) is 18.9 Å². The molecule has 18 heavy (non-hydrogen) atoms. The summed E-state index contributed by atoms with van der Waals surface area (Å²) < 4.78 is 24.8. The number of fused-ring (bicyclic) bond motifs is 1. The number of nitrogens with zero attached hydrogens (tertiary/aromatic N) is 3. The van der Waals surface area contributed by atoms with E-state index in [4.69, 9.17) is 5.73 Å². The number of hydrogen-bond donors (Lipinski definition) is 1. The Bertz CT molecular complexity index is 678. The Morgan fingerprint density at radius 3 is 2.78 bits per heavy atom. The predicted octanol–water partition coefficient (Wildman–Crippen LogP) is 0.763. The quantitative estimate of drug-likeness (QED) is 0.823. The van der Waals surface area contributed by atoms with Crippen LogP contribution in [0.4, 0.5) is 5.95 Å². The molecule has 0 amide bonds. The Hall–Kier alpha value is -1.63. The molecule has 0 saturated carbocycles. The zero-order chi connectivity index (χ0) is 12.8. The van der Waals surface area contributed by atoms with E-state index in [0.717, 1.165) is 11.2 Å². The maximum Gasteiger partial charge on any atom is 0.202 e. The summed E-state index contributed by atoms with van der Waals surface area (Å²) >= 11 is 0. The van der Waals surface area contributed by atoms with Gasteiger partial charge in [-0.05, 0) is 25.0 Å². The molecule has 0 aromatic carbocycles. The van der Waals surface area contributed by atoms with Gasteiger partial charge >= 0.3 is 0 Å². The highest BCUT2D eigenvalue weighted by Gasteiger charge is 2.27. The van der Waals surface area contributed by atoms with E-state index in [1.54, 1.807) is 6.20 Å². The van der Waals surface area contributed by atoms with Gasteiger partial charge in [-0.15, -0.1) is 0 Å². The van der Waals surface area contributed by atoms with E-state index in [0.29, 0.717) is 18.8 Å². The molecular weight excluding hydrogens is 252 g/mol. The summed E-state index contributed by atoms with van der Waals surface area (Å²) in [6.07, 6.45) is 2.85. The van der Waals surface area contributed by atoms with Crippen molar-refractivity contribution >= 4 is 26.9 Å². The first-order chi connectivity index (χ1) is 8.57. The van der Waals surface area contributed by atoms with Gasteiger partial charge in [0.15, 0.2) is 5.65 Å². The molecule has 0 unspecified atom stereocenters. The van der Waals surface area contributed by atoms with Crippen molar-refractivity contribution in [3.8, 4) is 0 Å². The van der Waals surface area contributed by atoms with Gasteiger partial charge in [-0.3, -0.25) is 4.57 Å². The van der Waals surface area contributed by atoms with Crippen molar-refractivity contribution in [2.24, 2.45) is 0 Å². The van der Waals surface area contributed by atoms with Crippen LogP contribution in [0.3, 0.4) is 0 Å². The molecule has 1 aliphatic rings. The van der Waals surface area contributed by atoms with Crippen molar-refractivity contribution in [3.05, 3.63) is 18.3 Å². The Morgan fingerprint density at radius 2 is 2.06 bits per heavy atom. The average molecular weight is 266 g/mol. The Labute approximate surface area is 105 Å². The van der Waals surface area contributed by atoms with Crippen LogP contribution in [0, 0.1) is 0 Å². The van der Waals surface area contributed by atoms with Gasteiger partial charge in [0.1, 0.15) is 15.4 Å². The molecule has 96 valence electrons. The fourth-order valence-corrected chi connectivity index (χ4v) is 3.91. The fraction of sp³-hybridized carbons (Fsp3) is 0.455. The molecule has 7 heteroatoms. The molecule has 0 radical (unpaired) electrons. The lowest BCUT2D eigenvalue weighted by Gasteiger charge is -2.24. The molecule has 1 aliphatic heterocycles. The minimum atomic E-state index is -2.87. The molecular formula is C11H14N4O2S. The molecule has 1 saturated heterocycles. The fourth-order valence-electron chi connectivity index (χ4n) is 2.44. The van der Waals surface area contributed by atoms with Crippen LogP contribution in [0.2, 0.25) is 0 Å². The van der Waals surface area contributed by atoms with Gasteiger partial charge in [-0.2, -0.15) is 0 Å². The summed E-state index contributed by atoms with van der Waals surface area (Å²) in [5.41, 5.74) is 7.40. The zero-order valence-electron chi connectivity index (χ0n) is 9.78. The molecule has 3 heterocycles. The van der Waals surface area contributed by atoms with Crippen LogP contribution in [-0.4, -0.2) is 34.5 Å². The number of nitrogens with two attached hydrogens (primary N) is 1. The van der Waals surface area contributed by atoms with Crippen molar-refractivity contribution < 1.29 is 8.42 Å². The first kappa shape index (κ1) is 11.5. The molecule has 2 aromatic heterocycles. The van der Waals surface area contributed by atoms with E-state index in [1.807, 2.05) is 16.7 Å². The Balaban J connectivity index is 2.02. The summed E-state index contributed by atoms with van der Waals surface area (Å²) in [6.45, 7) is 0. The van der Waals surface area contributed by atoms with E-state index < -0.39 is 9.84 Å². The molecule has 0 aliphatic carbocycles. The maximum absolute atomic E-state index is 11.4. The summed E-state index contributed by atoms with van der Waals surface area (Å²) in [7, 11) is -2.87. The highest BCUT2D eigenvalue weighted by molar-refractivity contribution is 7.91. The molecule has 3 rings (SSSR count). The minimum absolute atomic E-state index is 0.0772. The van der Waals surface area contributed by atoms with E-state index in [2.05, 4.69) is 9.97 Å². The lowest BCUT2D eigenvalue weighted by molar-refractivity contribution is 0.461. The van der Waals surface area contributed by atoms with Gasteiger partial charge in [-0.25, -0.2) is 18.4 Å². The van der Waals surface area contributed by atoms with Crippen LogP contribution >= 0.6 is 0 Å². The molecule has 0 spiro atoms. The third-order valence-electron chi connectivity index (χ3n) is 3.37. The van der Waals surface area contributed by atoms with E-state index >= 15 is 0 Å². The van der Waals surface area contributed by atoms with Gasteiger partial charge in [0.2, 0.25) is 5.95 Å². The van der Waals surface area contributed by atoms with Crippen molar-refractivity contribution in [1.29, 1.82) is 0 Å². The Morgan fingerprint density at radius 1 is 1.33 bits per heavy atom. The lowest BCUT2D eigenvalue weighted by atomic mass is 10.1. The lowest BCUT2D eigenvalue weighted by Crippen LogP contribution is -2.26. The van der Waals surface area contributed by atoms with Crippen LogP contribution in [0.25, 0.3) is 11.2 Å². The summed E-state index contributed by atoms with van der Waals surface area (Å²) in [4.78, 5) is 8.54. The second-order valence-electron chi connectivity index (χ2n) is 4.57. The number of anilines is 1. The Kier molecular flexibility index (Phi) is 2.51. The zero-order valence-corrected chi connectivity index (χ0v) is 10.6. The van der Waals surface area contributed by atoms with Gasteiger partial charge in [0.25, 0.3) is 0 Å². The molecule has 2 N–H and O–H groups in total. The van der Waals surface area contributed by atoms with Crippen LogP contribution < -0.4 is 5.73 Å². The second-order valence-corrected chi connectivity index (χ2v) is 6.87. The number of rotatable bonds is 1. The number of imidazole rings is 1. The molecule has 0 bridgehead atoms. The predicted molar refractivity (Wildman–Crippen MR) is 68.9 cm³/mol. The number of aromatic nitrogens is 3. The molecule has 0 atom stereocenters. The minimum Gasteiger partial charge on any atom is -0.369 e. The third-order valence-corrected chi connectivity index (χ3v) is 5.08. The monoisotopic (exact) mass is 266 g/mol. The van der Waals surface area contributed by atoms with Gasteiger partial charge in [0.05, 0.1) is 11.5 Å². The second kappa shape index (κ2) is 3.94. The normalized spacial score (nSPS) is 20.2. The van der Waals surface area contributed by atoms with Crippen molar-refractivity contribution in [2.75, 3.05) is 17.2 Å². The number of pyridine rings is 1. The highest BCUT2D eigenvalue weighted by atomic mass is 32.2. The number of sulfone groups is 1. The third kappa shape index (κ3) is 1.84. The van der Waals surface area contributed by atoms with E-state index in [-0.39, 0.29) is 17.5 Å². The number of nitrogen functional groups attached to an aromatic ring is 1. The number of hydrogen-bond acceptors (Lipinski definition) is 5. The van der Waals surface area contributed by atoms with Gasteiger partial charge in [0, 0.05) is 12.2 Å². The highest BCUT2D eigenvalue weighted by Crippen LogP contribution is 2.29.